The van der Waals surface area contributed by atoms with E-state index in [4.69, 9.17) is 16.3 Å². The molecule has 4 rings (SSSR count). The van der Waals surface area contributed by atoms with Gasteiger partial charge in [-0.05, 0) is 57.0 Å². The molecule has 10 heteroatoms. The molecule has 2 heterocycles. The molecule has 2 aromatic carbocycles. The highest BCUT2D eigenvalue weighted by atomic mass is 35.5. The number of aliphatic hydroxyl groups excluding tert-OH is 1. The Morgan fingerprint density at radius 3 is 2.75 bits per heavy atom. The Morgan fingerprint density at radius 1 is 1.28 bits per heavy atom. The van der Waals surface area contributed by atoms with E-state index in [9.17, 15) is 14.3 Å². The molecule has 0 radical (unpaired) electrons. The summed E-state index contributed by atoms with van der Waals surface area (Å²) in [6.07, 6.45) is 0.763. The Labute approximate surface area is 213 Å². The average molecular weight is 512 g/mol. The first-order valence-corrected chi connectivity index (χ1v) is 11.9. The largest absolute Gasteiger partial charge is 0.487 e. The summed E-state index contributed by atoms with van der Waals surface area (Å²) in [7, 11) is 0. The van der Waals surface area contributed by atoms with Gasteiger partial charge >= 0.3 is 0 Å². The maximum Gasteiger partial charge on any atom is 0.249 e. The number of pyridine rings is 1. The number of ether oxygens (including phenoxy) is 1. The highest BCUT2D eigenvalue weighted by Gasteiger charge is 2.21. The number of fused-ring (bicyclic) bond motifs is 1. The number of carbonyl (C=O) groups excluding carboxylic acids is 1. The summed E-state index contributed by atoms with van der Waals surface area (Å²) in [5, 5.41) is 17.9. The molecule has 4 aromatic rings. The van der Waals surface area contributed by atoms with Gasteiger partial charge < -0.3 is 15.2 Å². The van der Waals surface area contributed by atoms with Crippen LogP contribution in [0.25, 0.3) is 16.6 Å². The van der Waals surface area contributed by atoms with E-state index in [0.29, 0.717) is 28.2 Å². The highest BCUT2D eigenvalue weighted by molar-refractivity contribution is 6.31. The molecule has 36 heavy (non-hydrogen) atoms. The number of hydrogen-bond acceptors (Lipinski definition) is 6. The van der Waals surface area contributed by atoms with Crippen LogP contribution in [0.3, 0.4) is 0 Å². The minimum absolute atomic E-state index is 0.0114. The fourth-order valence-corrected chi connectivity index (χ4v) is 4.25. The Bertz CT molecular complexity index is 1420. The van der Waals surface area contributed by atoms with Crippen molar-refractivity contribution in [3.05, 3.63) is 76.2 Å². The van der Waals surface area contributed by atoms with Crippen LogP contribution >= 0.6 is 11.6 Å². The number of benzene rings is 2. The topological polar surface area (TPSA) is 102 Å². The van der Waals surface area contributed by atoms with Crippen molar-refractivity contribution in [1.29, 1.82) is 0 Å². The van der Waals surface area contributed by atoms with Gasteiger partial charge in [-0.3, -0.25) is 4.79 Å². The predicted octanol–water partition coefficient (Wildman–Crippen LogP) is 4.75. The SMILES string of the molecule is CC[C@@H](O)C(=O)N[C@@H](C)c1cc(F)cc(Cl)c1COc1cccc2c(-n3cnc(C)n3)cc(C)nc12. The number of aromatic nitrogens is 4. The van der Waals surface area contributed by atoms with E-state index in [-0.39, 0.29) is 18.1 Å². The normalized spacial score (nSPS) is 13.0. The first-order valence-electron chi connectivity index (χ1n) is 11.6. The molecule has 0 spiro atoms. The van der Waals surface area contributed by atoms with Crippen molar-refractivity contribution in [3.63, 3.8) is 0 Å². The average Bonchev–Trinajstić information content (AvgIpc) is 3.28. The number of halogens is 2. The van der Waals surface area contributed by atoms with E-state index in [1.807, 2.05) is 32.0 Å². The van der Waals surface area contributed by atoms with E-state index >= 15 is 0 Å². The van der Waals surface area contributed by atoms with E-state index in [1.165, 1.54) is 12.1 Å². The van der Waals surface area contributed by atoms with Crippen LogP contribution in [-0.4, -0.2) is 36.9 Å². The number of carbonyl (C=O) groups is 1. The van der Waals surface area contributed by atoms with Gasteiger partial charge in [0, 0.05) is 16.6 Å². The van der Waals surface area contributed by atoms with Crippen LogP contribution in [0.4, 0.5) is 4.39 Å². The summed E-state index contributed by atoms with van der Waals surface area (Å²) in [5.41, 5.74) is 3.20. The van der Waals surface area contributed by atoms with Crippen molar-refractivity contribution in [1.82, 2.24) is 25.1 Å². The molecule has 2 aromatic heterocycles. The summed E-state index contributed by atoms with van der Waals surface area (Å²) < 4.78 is 22.1. The second kappa shape index (κ2) is 10.6. The molecule has 2 atom stereocenters. The maximum absolute atomic E-state index is 14.2. The lowest BCUT2D eigenvalue weighted by molar-refractivity contribution is -0.130. The Hall–Kier alpha value is -3.56. The zero-order chi connectivity index (χ0) is 26.0. The van der Waals surface area contributed by atoms with Gasteiger partial charge in [-0.1, -0.05) is 30.7 Å². The third-order valence-corrected chi connectivity index (χ3v) is 6.18. The van der Waals surface area contributed by atoms with Gasteiger partial charge in [-0.25, -0.2) is 19.0 Å². The lowest BCUT2D eigenvalue weighted by Gasteiger charge is -2.21. The first kappa shape index (κ1) is 25.5. The molecule has 2 N–H and O–H groups in total. The minimum Gasteiger partial charge on any atom is -0.487 e. The van der Waals surface area contributed by atoms with Gasteiger partial charge in [-0.15, -0.1) is 0 Å². The zero-order valence-corrected chi connectivity index (χ0v) is 21.2. The van der Waals surface area contributed by atoms with Gasteiger partial charge in [0.05, 0.1) is 16.8 Å². The lowest BCUT2D eigenvalue weighted by Crippen LogP contribution is -2.36. The molecule has 0 saturated heterocycles. The molecule has 1 amide bonds. The quantitative estimate of drug-likeness (QED) is 0.354. The number of aryl methyl sites for hydroxylation is 2. The van der Waals surface area contributed by atoms with Gasteiger partial charge in [0.25, 0.3) is 0 Å². The molecular formula is C26H27ClFN5O3. The van der Waals surface area contributed by atoms with Crippen molar-refractivity contribution in [2.45, 2.75) is 52.9 Å². The Kier molecular flexibility index (Phi) is 7.51. The van der Waals surface area contributed by atoms with Crippen molar-refractivity contribution < 1.29 is 19.0 Å². The number of hydrogen-bond donors (Lipinski definition) is 2. The van der Waals surface area contributed by atoms with E-state index in [0.717, 1.165) is 16.8 Å². The van der Waals surface area contributed by atoms with Gasteiger partial charge in [0.2, 0.25) is 5.91 Å². The van der Waals surface area contributed by atoms with Crippen LogP contribution < -0.4 is 10.1 Å². The first-order chi connectivity index (χ1) is 17.2. The summed E-state index contributed by atoms with van der Waals surface area (Å²) >= 11 is 6.41. The fourth-order valence-electron chi connectivity index (χ4n) is 3.98. The molecule has 0 aliphatic heterocycles. The molecule has 0 aliphatic carbocycles. The predicted molar refractivity (Wildman–Crippen MR) is 135 cm³/mol. The molecule has 188 valence electrons. The van der Waals surface area contributed by atoms with Crippen LogP contribution in [0, 0.1) is 19.7 Å². The lowest BCUT2D eigenvalue weighted by atomic mass is 10.0. The number of rotatable bonds is 8. The molecule has 0 saturated carbocycles. The molecule has 0 fully saturated rings. The van der Waals surface area contributed by atoms with Crippen LogP contribution in [0.2, 0.25) is 5.02 Å². The van der Waals surface area contributed by atoms with Crippen LogP contribution in [0.5, 0.6) is 5.75 Å². The summed E-state index contributed by atoms with van der Waals surface area (Å²) in [6, 6.07) is 9.40. The molecule has 8 nitrogen and oxygen atoms in total. The molecular weight excluding hydrogens is 485 g/mol. The second-order valence-electron chi connectivity index (χ2n) is 8.57. The van der Waals surface area contributed by atoms with E-state index in [1.54, 1.807) is 30.9 Å². The second-order valence-corrected chi connectivity index (χ2v) is 8.98. The third kappa shape index (κ3) is 5.32. The highest BCUT2D eigenvalue weighted by Crippen LogP contribution is 2.32. The maximum atomic E-state index is 14.2. The van der Waals surface area contributed by atoms with Crippen LogP contribution in [0.15, 0.2) is 42.7 Å². The summed E-state index contributed by atoms with van der Waals surface area (Å²) in [5.74, 6) is 0.0860. The number of aliphatic hydroxyl groups is 1. The molecule has 0 unspecified atom stereocenters. The third-order valence-electron chi connectivity index (χ3n) is 5.84. The summed E-state index contributed by atoms with van der Waals surface area (Å²) in [4.78, 5) is 21.1. The van der Waals surface area contributed by atoms with E-state index in [2.05, 4.69) is 20.4 Å². The number of para-hydroxylation sites is 1. The van der Waals surface area contributed by atoms with Crippen molar-refractivity contribution in [2.24, 2.45) is 0 Å². The fraction of sp³-hybridized carbons (Fsp3) is 0.308. The van der Waals surface area contributed by atoms with Crippen LogP contribution in [0.1, 0.15) is 49.0 Å². The minimum atomic E-state index is -1.15. The van der Waals surface area contributed by atoms with Gasteiger partial charge in [0.15, 0.2) is 0 Å². The van der Waals surface area contributed by atoms with Gasteiger partial charge in [0.1, 0.15) is 41.9 Å². The standard InChI is InChI=1S/C26H27ClFN5O3/c1-5-23(34)26(35)31-15(3)19-10-17(28)11-21(27)20(19)12-36-24-8-6-7-18-22(9-14(2)30-25(18)24)33-13-29-16(4)32-33/h6-11,13,15,23,34H,5,12H2,1-4H3,(H,31,35)/t15-,23+/m0/s1. The molecule has 0 bridgehead atoms. The van der Waals surface area contributed by atoms with E-state index < -0.39 is 23.9 Å². The smallest absolute Gasteiger partial charge is 0.249 e. The Morgan fingerprint density at radius 2 is 2.06 bits per heavy atom. The summed E-state index contributed by atoms with van der Waals surface area (Å²) in [6.45, 7) is 7.11. The monoisotopic (exact) mass is 511 g/mol. The number of nitrogens with zero attached hydrogens (tertiary/aromatic N) is 4. The van der Waals surface area contributed by atoms with Crippen molar-refractivity contribution in [2.75, 3.05) is 0 Å². The number of nitrogens with one attached hydrogen (secondary N) is 1. The van der Waals surface area contributed by atoms with Crippen molar-refractivity contribution in [3.8, 4) is 11.4 Å². The zero-order valence-electron chi connectivity index (χ0n) is 20.4. The van der Waals surface area contributed by atoms with Gasteiger partial charge in [-0.2, -0.15) is 5.10 Å². The van der Waals surface area contributed by atoms with Crippen molar-refractivity contribution >= 4 is 28.4 Å². The van der Waals surface area contributed by atoms with Crippen LogP contribution in [-0.2, 0) is 11.4 Å². The Balaban J connectivity index is 1.68. The number of amides is 1. The molecule has 0 aliphatic rings.